The van der Waals surface area contributed by atoms with E-state index in [1.807, 2.05) is 30.3 Å². The summed E-state index contributed by atoms with van der Waals surface area (Å²) >= 11 is 0. The van der Waals surface area contributed by atoms with E-state index in [1.165, 1.54) is 0 Å². The molecule has 2 aromatic carbocycles. The molecule has 3 N–H and O–H groups in total. The minimum absolute atomic E-state index is 0.0599. The number of anilines is 2. The molecule has 0 unspecified atom stereocenters. The van der Waals surface area contributed by atoms with E-state index < -0.39 is 5.95 Å². The van der Waals surface area contributed by atoms with Gasteiger partial charge >= 0.3 is 0 Å². The monoisotopic (exact) mass is 487 g/mol. The van der Waals surface area contributed by atoms with Gasteiger partial charge in [-0.05, 0) is 56.2 Å². The summed E-state index contributed by atoms with van der Waals surface area (Å²) in [6.45, 7) is 14.1. The second-order valence-electron chi connectivity index (χ2n) is 9.73. The first-order chi connectivity index (χ1) is 17.2. The second kappa shape index (κ2) is 9.39. The number of allylic oxidation sites excluding steroid dienone is 1. The number of nitrogens with two attached hydrogens (primary N) is 1. The number of halogens is 2. The molecule has 2 aliphatic heterocycles. The van der Waals surface area contributed by atoms with Crippen molar-refractivity contribution in [3.63, 3.8) is 0 Å². The van der Waals surface area contributed by atoms with E-state index in [-0.39, 0.29) is 11.6 Å². The number of rotatable bonds is 4. The number of fused-ring (bicyclic) bond motifs is 1. The Hall–Kier alpha value is -3.71. The van der Waals surface area contributed by atoms with Crippen molar-refractivity contribution in [3.05, 3.63) is 77.9 Å². The fraction of sp³-hybridized carbons (Fsp3) is 0.276. The van der Waals surface area contributed by atoms with Gasteiger partial charge in [-0.2, -0.15) is 4.39 Å². The molecule has 2 aliphatic rings. The molecule has 0 aliphatic carbocycles. The number of pyridine rings is 1. The van der Waals surface area contributed by atoms with Crippen molar-refractivity contribution < 1.29 is 8.78 Å². The maximum atomic E-state index is 14.9. The molecule has 5 rings (SSSR count). The number of benzene rings is 2. The van der Waals surface area contributed by atoms with Crippen LogP contribution in [0.5, 0.6) is 0 Å². The third-order valence-electron chi connectivity index (χ3n) is 7.15. The van der Waals surface area contributed by atoms with Crippen molar-refractivity contribution >= 4 is 23.0 Å². The summed E-state index contributed by atoms with van der Waals surface area (Å²) in [4.78, 5) is 8.81. The lowest BCUT2D eigenvalue weighted by atomic mass is 9.93. The van der Waals surface area contributed by atoms with E-state index in [1.54, 1.807) is 25.1 Å². The number of nitrogens with zero attached hydrogens (tertiary/aromatic N) is 3. The summed E-state index contributed by atoms with van der Waals surface area (Å²) in [5, 5.41) is 2.95. The quantitative estimate of drug-likeness (QED) is 0.449. The Bertz CT molecular complexity index is 1350. The van der Waals surface area contributed by atoms with Crippen LogP contribution in [-0.2, 0) is 0 Å². The minimum Gasteiger partial charge on any atom is -0.383 e. The van der Waals surface area contributed by atoms with Crippen molar-refractivity contribution in [1.29, 1.82) is 0 Å². The topological polar surface area (TPSA) is 57.4 Å². The summed E-state index contributed by atoms with van der Waals surface area (Å²) < 4.78 is 29.8. The van der Waals surface area contributed by atoms with Crippen molar-refractivity contribution in [2.24, 2.45) is 0 Å². The molecule has 3 aromatic rings. The van der Waals surface area contributed by atoms with Gasteiger partial charge in [0.25, 0.3) is 0 Å². The number of hydrogen-bond donors (Lipinski definition) is 2. The Balaban J connectivity index is 1.45. The lowest BCUT2D eigenvalue weighted by Gasteiger charge is -2.38. The predicted molar refractivity (Wildman–Crippen MR) is 144 cm³/mol. The number of piperazine rings is 1. The van der Waals surface area contributed by atoms with Crippen molar-refractivity contribution in [1.82, 2.24) is 15.2 Å². The molecule has 0 spiro atoms. The summed E-state index contributed by atoms with van der Waals surface area (Å²) in [6.07, 6.45) is 0. The average Bonchev–Trinajstić information content (AvgIpc) is 2.87. The molecule has 0 amide bonds. The van der Waals surface area contributed by atoms with Gasteiger partial charge in [-0.15, -0.1) is 0 Å². The van der Waals surface area contributed by atoms with Crippen LogP contribution in [0.2, 0.25) is 0 Å². The average molecular weight is 488 g/mol. The van der Waals surface area contributed by atoms with E-state index >= 15 is 0 Å². The highest BCUT2D eigenvalue weighted by Crippen LogP contribution is 2.38. The Kier molecular flexibility index (Phi) is 6.26. The number of nitrogens with one attached hydrogen (secondary N) is 1. The van der Waals surface area contributed by atoms with Crippen LogP contribution in [0, 0.1) is 5.95 Å². The number of hydrogen-bond acceptors (Lipinski definition) is 5. The molecule has 36 heavy (non-hydrogen) atoms. The standard InChI is InChI=1S/C29H31F2N5/c1-17(2)35-11-13-36(14-12-35)22-8-5-20(6-9-22)24-16-25(29(32)34-28(24)31)21-7-10-23-18(3)33-19(4)27(30)26(23)15-21/h5-10,15-17,33H,3,11-14H2,1-2,4H3,(H2,32,34). The van der Waals surface area contributed by atoms with Crippen LogP contribution in [-0.4, -0.2) is 42.1 Å². The highest BCUT2D eigenvalue weighted by atomic mass is 19.1. The number of aromatic nitrogens is 1. The van der Waals surface area contributed by atoms with Gasteiger partial charge in [0.15, 0.2) is 0 Å². The zero-order valence-corrected chi connectivity index (χ0v) is 20.9. The van der Waals surface area contributed by atoms with Gasteiger partial charge in [-0.1, -0.05) is 30.8 Å². The van der Waals surface area contributed by atoms with E-state index in [9.17, 15) is 8.78 Å². The summed E-state index contributed by atoms with van der Waals surface area (Å²) in [6, 6.07) is 15.5. The molecule has 0 bridgehead atoms. The van der Waals surface area contributed by atoms with Gasteiger partial charge in [0.05, 0.1) is 0 Å². The zero-order valence-electron chi connectivity index (χ0n) is 20.9. The Morgan fingerprint density at radius 2 is 1.56 bits per heavy atom. The highest BCUT2D eigenvalue weighted by molar-refractivity contribution is 5.87. The third kappa shape index (κ3) is 4.35. The van der Waals surface area contributed by atoms with Gasteiger partial charge in [0.1, 0.15) is 11.6 Å². The van der Waals surface area contributed by atoms with Gasteiger partial charge < -0.3 is 16.0 Å². The summed E-state index contributed by atoms with van der Waals surface area (Å²) in [7, 11) is 0. The van der Waals surface area contributed by atoms with Crippen LogP contribution in [0.4, 0.5) is 20.3 Å². The summed E-state index contributed by atoms with van der Waals surface area (Å²) in [5.74, 6) is -0.922. The molecule has 7 heteroatoms. The Morgan fingerprint density at radius 1 is 0.889 bits per heavy atom. The van der Waals surface area contributed by atoms with Gasteiger partial charge in [0, 0.05) is 71.6 Å². The maximum Gasteiger partial charge on any atom is 0.222 e. The van der Waals surface area contributed by atoms with E-state index in [2.05, 4.69) is 40.5 Å². The molecule has 1 aromatic heterocycles. The largest absolute Gasteiger partial charge is 0.383 e. The van der Waals surface area contributed by atoms with Crippen LogP contribution in [0.3, 0.4) is 0 Å². The van der Waals surface area contributed by atoms with Crippen molar-refractivity contribution in [2.45, 2.75) is 26.8 Å². The molecule has 5 nitrogen and oxygen atoms in total. The molecular formula is C29H31F2N5. The van der Waals surface area contributed by atoms with Crippen LogP contribution in [0.1, 0.15) is 31.9 Å². The van der Waals surface area contributed by atoms with Gasteiger partial charge in [0.2, 0.25) is 5.95 Å². The predicted octanol–water partition coefficient (Wildman–Crippen LogP) is 5.90. The SMILES string of the molecule is C=C1NC(C)=C(F)c2cc(-c3cc(-c4ccc(N5CCN(C(C)C)CC5)cc4)c(F)nc3N)ccc21. The normalized spacial score (nSPS) is 16.4. The van der Waals surface area contributed by atoms with Crippen LogP contribution < -0.4 is 16.0 Å². The Labute approximate surface area is 210 Å². The molecule has 0 radical (unpaired) electrons. The van der Waals surface area contributed by atoms with E-state index in [0.29, 0.717) is 50.8 Å². The molecule has 186 valence electrons. The highest BCUT2D eigenvalue weighted by Gasteiger charge is 2.22. The Morgan fingerprint density at radius 3 is 2.22 bits per heavy atom. The molecule has 1 saturated heterocycles. The molecular weight excluding hydrogens is 456 g/mol. The first-order valence-electron chi connectivity index (χ1n) is 12.3. The van der Waals surface area contributed by atoms with Crippen LogP contribution in [0.25, 0.3) is 33.8 Å². The molecule has 1 fully saturated rings. The lowest BCUT2D eigenvalue weighted by molar-refractivity contribution is 0.209. The third-order valence-corrected chi connectivity index (χ3v) is 7.15. The van der Waals surface area contributed by atoms with E-state index in [0.717, 1.165) is 31.9 Å². The molecule has 0 saturated carbocycles. The van der Waals surface area contributed by atoms with Gasteiger partial charge in [-0.25, -0.2) is 9.37 Å². The fourth-order valence-electron chi connectivity index (χ4n) is 4.99. The second-order valence-corrected chi connectivity index (χ2v) is 9.73. The number of nitrogen functional groups attached to an aromatic ring is 1. The minimum atomic E-state index is -0.632. The van der Waals surface area contributed by atoms with Gasteiger partial charge in [-0.3, -0.25) is 4.90 Å². The van der Waals surface area contributed by atoms with Crippen molar-refractivity contribution in [2.75, 3.05) is 36.8 Å². The lowest BCUT2D eigenvalue weighted by Crippen LogP contribution is -2.48. The van der Waals surface area contributed by atoms with Crippen LogP contribution in [0.15, 0.2) is 60.8 Å². The van der Waals surface area contributed by atoms with E-state index in [4.69, 9.17) is 5.73 Å². The zero-order chi connectivity index (χ0) is 25.6. The first-order valence-corrected chi connectivity index (χ1v) is 12.3. The molecule has 3 heterocycles. The van der Waals surface area contributed by atoms with Crippen LogP contribution >= 0.6 is 0 Å². The smallest absolute Gasteiger partial charge is 0.222 e. The fourth-order valence-corrected chi connectivity index (χ4v) is 4.99. The molecule has 0 atom stereocenters. The first kappa shape index (κ1) is 24.0. The maximum absolute atomic E-state index is 14.9. The summed E-state index contributed by atoms with van der Waals surface area (Å²) in [5.41, 5.74) is 11.7. The van der Waals surface area contributed by atoms with Crippen molar-refractivity contribution in [3.8, 4) is 22.3 Å².